The molecule has 2 saturated heterocycles. The molecule has 0 N–H and O–H groups in total. The first-order valence-electron chi connectivity index (χ1n) is 7.35. The van der Waals surface area contributed by atoms with Gasteiger partial charge in [0.05, 0.1) is 0 Å². The molecule has 0 unspecified atom stereocenters. The van der Waals surface area contributed by atoms with Crippen LogP contribution in [-0.4, -0.2) is 29.7 Å². The zero-order chi connectivity index (χ0) is 12.9. The van der Waals surface area contributed by atoms with Crippen LogP contribution in [0, 0.1) is 10.8 Å². The molecule has 0 amide bonds. The summed E-state index contributed by atoms with van der Waals surface area (Å²) in [6.07, 6.45) is 3.93. The van der Waals surface area contributed by atoms with Crippen LogP contribution in [0.2, 0.25) is 0 Å². The van der Waals surface area contributed by atoms with Gasteiger partial charge >= 0.3 is 0 Å². The van der Waals surface area contributed by atoms with E-state index in [4.69, 9.17) is 0 Å². The van der Waals surface area contributed by atoms with Crippen LogP contribution in [0.1, 0.15) is 60.3 Å². The van der Waals surface area contributed by atoms with Gasteiger partial charge in [0.25, 0.3) is 0 Å². The number of fused-ring (bicyclic) bond motifs is 1. The fourth-order valence-corrected chi connectivity index (χ4v) is 4.36. The van der Waals surface area contributed by atoms with Crippen LogP contribution in [-0.2, 0) is 0 Å². The molecule has 1 aliphatic carbocycles. The maximum Gasteiger partial charge on any atom is 0.108 e. The standard InChI is InChI=1S/C13H22FN.C2H6/c1-4-13-8-12(7-10(12)14)9-15(13)6-5-11(13,2)3;1-2/h10H,4-9H2,1-3H3;1-2H3/t10-,12-,13+;/m0./s1. The Hall–Kier alpha value is -0.110. The van der Waals surface area contributed by atoms with Gasteiger partial charge in [-0.3, -0.25) is 4.90 Å². The third-order valence-electron chi connectivity index (χ3n) is 5.70. The molecular weight excluding hydrogens is 213 g/mol. The Morgan fingerprint density at radius 3 is 2.29 bits per heavy atom. The molecular formula is C15H28FN. The van der Waals surface area contributed by atoms with Crippen LogP contribution in [0.4, 0.5) is 4.39 Å². The molecule has 0 aromatic heterocycles. The molecule has 0 aromatic carbocycles. The molecule has 1 spiro atoms. The van der Waals surface area contributed by atoms with Crippen molar-refractivity contribution in [3.05, 3.63) is 0 Å². The van der Waals surface area contributed by atoms with E-state index in [0.29, 0.717) is 11.0 Å². The Morgan fingerprint density at radius 1 is 1.29 bits per heavy atom. The van der Waals surface area contributed by atoms with Crippen molar-refractivity contribution in [2.45, 2.75) is 72.0 Å². The molecule has 3 atom stereocenters. The van der Waals surface area contributed by atoms with E-state index in [0.717, 1.165) is 19.4 Å². The molecule has 3 rings (SSSR count). The third-order valence-corrected chi connectivity index (χ3v) is 5.70. The van der Waals surface area contributed by atoms with Crippen molar-refractivity contribution in [2.75, 3.05) is 13.1 Å². The monoisotopic (exact) mass is 241 g/mol. The van der Waals surface area contributed by atoms with Gasteiger partial charge in [-0.25, -0.2) is 4.39 Å². The lowest BCUT2D eigenvalue weighted by molar-refractivity contribution is 0.0888. The van der Waals surface area contributed by atoms with E-state index in [1.165, 1.54) is 19.4 Å². The summed E-state index contributed by atoms with van der Waals surface area (Å²) in [4.78, 5) is 2.60. The lowest BCUT2D eigenvalue weighted by Crippen LogP contribution is -2.46. The molecule has 0 radical (unpaired) electrons. The highest BCUT2D eigenvalue weighted by Gasteiger charge is 2.69. The molecule has 100 valence electrons. The van der Waals surface area contributed by atoms with E-state index in [1.54, 1.807) is 0 Å². The number of hydrogen-bond acceptors (Lipinski definition) is 1. The molecule has 3 aliphatic rings. The lowest BCUT2D eigenvalue weighted by Gasteiger charge is -2.42. The molecule has 1 nitrogen and oxygen atoms in total. The number of nitrogens with zero attached hydrogens (tertiary/aromatic N) is 1. The predicted molar refractivity (Wildman–Crippen MR) is 70.9 cm³/mol. The van der Waals surface area contributed by atoms with Crippen molar-refractivity contribution in [3.63, 3.8) is 0 Å². The van der Waals surface area contributed by atoms with Crippen molar-refractivity contribution in [3.8, 4) is 0 Å². The second-order valence-corrected chi connectivity index (χ2v) is 6.65. The van der Waals surface area contributed by atoms with Crippen LogP contribution in [0.25, 0.3) is 0 Å². The zero-order valence-corrected chi connectivity index (χ0v) is 12.1. The van der Waals surface area contributed by atoms with Crippen molar-refractivity contribution in [2.24, 2.45) is 10.8 Å². The smallest absolute Gasteiger partial charge is 0.108 e. The van der Waals surface area contributed by atoms with Crippen LogP contribution >= 0.6 is 0 Å². The summed E-state index contributed by atoms with van der Waals surface area (Å²) in [6.45, 7) is 13.3. The third kappa shape index (κ3) is 1.59. The second kappa shape index (κ2) is 3.94. The van der Waals surface area contributed by atoms with Gasteiger partial charge in [-0.1, -0.05) is 34.6 Å². The normalized spacial score (nSPS) is 46.6. The van der Waals surface area contributed by atoms with E-state index < -0.39 is 6.17 Å². The Kier molecular flexibility index (Phi) is 3.09. The summed E-state index contributed by atoms with van der Waals surface area (Å²) < 4.78 is 13.5. The van der Waals surface area contributed by atoms with Gasteiger partial charge in [0.15, 0.2) is 0 Å². The van der Waals surface area contributed by atoms with E-state index in [1.807, 2.05) is 13.8 Å². The summed E-state index contributed by atoms with van der Waals surface area (Å²) in [5.41, 5.74) is 0.773. The van der Waals surface area contributed by atoms with E-state index in [2.05, 4.69) is 25.7 Å². The van der Waals surface area contributed by atoms with Crippen molar-refractivity contribution >= 4 is 0 Å². The van der Waals surface area contributed by atoms with Gasteiger partial charge in [0.1, 0.15) is 6.17 Å². The Morgan fingerprint density at radius 2 is 1.88 bits per heavy atom. The summed E-state index contributed by atoms with van der Waals surface area (Å²) in [6, 6.07) is 0. The molecule has 2 heterocycles. The molecule has 0 bridgehead atoms. The molecule has 2 heteroatoms. The minimum absolute atomic E-state index is 0.0771. The maximum absolute atomic E-state index is 13.5. The largest absolute Gasteiger partial charge is 0.296 e. The zero-order valence-electron chi connectivity index (χ0n) is 12.1. The summed E-state index contributed by atoms with van der Waals surface area (Å²) in [7, 11) is 0. The maximum atomic E-state index is 13.5. The van der Waals surface area contributed by atoms with Gasteiger partial charge in [-0.05, 0) is 37.6 Å². The lowest BCUT2D eigenvalue weighted by atomic mass is 9.68. The van der Waals surface area contributed by atoms with E-state index in [9.17, 15) is 4.39 Å². The minimum Gasteiger partial charge on any atom is -0.296 e. The first-order chi connectivity index (χ1) is 7.96. The fraction of sp³-hybridized carbons (Fsp3) is 1.00. The van der Waals surface area contributed by atoms with E-state index >= 15 is 0 Å². The van der Waals surface area contributed by atoms with Gasteiger partial charge in [0.2, 0.25) is 0 Å². The van der Waals surface area contributed by atoms with Gasteiger partial charge in [-0.15, -0.1) is 0 Å². The summed E-state index contributed by atoms with van der Waals surface area (Å²) in [5.74, 6) is 0. The molecule has 17 heavy (non-hydrogen) atoms. The first kappa shape index (κ1) is 13.3. The number of rotatable bonds is 1. The topological polar surface area (TPSA) is 3.24 Å². The summed E-state index contributed by atoms with van der Waals surface area (Å²) >= 11 is 0. The fourth-order valence-electron chi connectivity index (χ4n) is 4.36. The molecule has 0 aromatic rings. The Labute approximate surface area is 106 Å². The second-order valence-electron chi connectivity index (χ2n) is 6.65. The first-order valence-corrected chi connectivity index (χ1v) is 7.35. The number of halogens is 1. The molecule has 1 saturated carbocycles. The average molecular weight is 241 g/mol. The van der Waals surface area contributed by atoms with Crippen LogP contribution in [0.5, 0.6) is 0 Å². The number of hydrogen-bond donors (Lipinski definition) is 0. The highest BCUT2D eigenvalue weighted by atomic mass is 19.1. The molecule has 2 aliphatic heterocycles. The van der Waals surface area contributed by atoms with Gasteiger partial charge in [0, 0.05) is 17.5 Å². The Bertz CT molecular complexity index is 301. The predicted octanol–water partition coefficient (Wildman–Crippen LogP) is 4.03. The number of alkyl halides is 1. The summed E-state index contributed by atoms with van der Waals surface area (Å²) in [5, 5.41) is 0. The van der Waals surface area contributed by atoms with Crippen molar-refractivity contribution < 1.29 is 4.39 Å². The highest BCUT2D eigenvalue weighted by molar-refractivity contribution is 5.22. The Balaban J connectivity index is 0.000000514. The average Bonchev–Trinajstić information content (AvgIpc) is 2.70. The van der Waals surface area contributed by atoms with Crippen LogP contribution in [0.3, 0.4) is 0 Å². The van der Waals surface area contributed by atoms with Gasteiger partial charge in [-0.2, -0.15) is 0 Å². The van der Waals surface area contributed by atoms with Crippen molar-refractivity contribution in [1.29, 1.82) is 0 Å². The highest BCUT2D eigenvalue weighted by Crippen LogP contribution is 2.66. The van der Waals surface area contributed by atoms with E-state index in [-0.39, 0.29) is 5.41 Å². The van der Waals surface area contributed by atoms with Crippen molar-refractivity contribution in [1.82, 2.24) is 4.90 Å². The quantitative estimate of drug-likeness (QED) is 0.670. The van der Waals surface area contributed by atoms with Gasteiger partial charge < -0.3 is 0 Å². The SMILES string of the molecule is CC.CC[C@]12C[C@@]3(C[C@@H]3F)CN1CCC2(C)C. The minimum atomic E-state index is -0.498. The van der Waals surface area contributed by atoms with Crippen LogP contribution < -0.4 is 0 Å². The molecule has 3 fully saturated rings. The van der Waals surface area contributed by atoms with Crippen LogP contribution in [0.15, 0.2) is 0 Å².